The van der Waals surface area contributed by atoms with Crippen LogP contribution in [0.1, 0.15) is 10.4 Å². The van der Waals surface area contributed by atoms with E-state index >= 15 is 0 Å². The summed E-state index contributed by atoms with van der Waals surface area (Å²) in [5.41, 5.74) is -0.236. The van der Waals surface area contributed by atoms with Crippen molar-refractivity contribution in [1.82, 2.24) is 9.55 Å². The van der Waals surface area contributed by atoms with E-state index < -0.39 is 5.97 Å². The molecule has 0 unspecified atom stereocenters. The van der Waals surface area contributed by atoms with Gasteiger partial charge >= 0.3 is 5.97 Å². The lowest BCUT2D eigenvalue weighted by Gasteiger charge is -2.01. The molecule has 5 nitrogen and oxygen atoms in total. The smallest absolute Gasteiger partial charge is 0.337 e. The number of thiazole rings is 1. The molecule has 0 radical (unpaired) electrons. The van der Waals surface area contributed by atoms with Crippen LogP contribution in [0.15, 0.2) is 34.7 Å². The van der Waals surface area contributed by atoms with Crippen molar-refractivity contribution in [2.24, 2.45) is 0 Å². The Bertz CT molecular complexity index is 545. The average molecular weight is 222 g/mol. The van der Waals surface area contributed by atoms with E-state index in [2.05, 4.69) is 4.98 Å². The number of aromatic carboxylic acids is 1. The van der Waals surface area contributed by atoms with Crippen LogP contribution < -0.4 is 5.56 Å². The number of hydrogen-bond donors (Lipinski definition) is 1. The van der Waals surface area contributed by atoms with Crippen molar-refractivity contribution in [2.75, 3.05) is 0 Å². The molecule has 15 heavy (non-hydrogen) atoms. The van der Waals surface area contributed by atoms with Crippen LogP contribution in [0.3, 0.4) is 0 Å². The Morgan fingerprint density at radius 3 is 2.87 bits per heavy atom. The molecule has 2 aromatic heterocycles. The van der Waals surface area contributed by atoms with E-state index in [9.17, 15) is 9.59 Å². The zero-order valence-corrected chi connectivity index (χ0v) is 8.27. The molecule has 0 spiro atoms. The van der Waals surface area contributed by atoms with Crippen LogP contribution in [-0.2, 0) is 0 Å². The van der Waals surface area contributed by atoms with Gasteiger partial charge in [-0.05, 0) is 6.07 Å². The monoisotopic (exact) mass is 222 g/mol. The van der Waals surface area contributed by atoms with Gasteiger partial charge in [-0.3, -0.25) is 9.36 Å². The summed E-state index contributed by atoms with van der Waals surface area (Å²) in [6, 6.07) is 2.49. The van der Waals surface area contributed by atoms with Crippen molar-refractivity contribution < 1.29 is 9.90 Å². The third kappa shape index (κ3) is 1.79. The van der Waals surface area contributed by atoms with Crippen LogP contribution in [0.4, 0.5) is 0 Å². The van der Waals surface area contributed by atoms with Crippen molar-refractivity contribution in [2.45, 2.75) is 0 Å². The Balaban J connectivity index is 2.61. The highest BCUT2D eigenvalue weighted by molar-refractivity contribution is 7.12. The number of pyridine rings is 1. The van der Waals surface area contributed by atoms with Gasteiger partial charge in [0.2, 0.25) is 0 Å². The summed E-state index contributed by atoms with van der Waals surface area (Å²) in [4.78, 5) is 26.1. The summed E-state index contributed by atoms with van der Waals surface area (Å²) in [5.74, 6) is -1.07. The number of aromatic nitrogens is 2. The number of hydrogen-bond acceptors (Lipinski definition) is 4. The van der Waals surface area contributed by atoms with Crippen molar-refractivity contribution in [3.05, 3.63) is 45.8 Å². The molecule has 6 heteroatoms. The molecule has 0 fully saturated rings. The van der Waals surface area contributed by atoms with E-state index in [1.165, 1.54) is 34.2 Å². The largest absolute Gasteiger partial charge is 0.478 e. The van der Waals surface area contributed by atoms with E-state index in [1.54, 1.807) is 11.6 Å². The van der Waals surface area contributed by atoms with Gasteiger partial charge in [0, 0.05) is 23.8 Å². The first-order valence-electron chi connectivity index (χ1n) is 4.04. The molecule has 76 valence electrons. The van der Waals surface area contributed by atoms with Crippen LogP contribution in [0.25, 0.3) is 5.13 Å². The molecule has 2 aromatic rings. The number of nitrogens with zero attached hydrogens (tertiary/aromatic N) is 2. The van der Waals surface area contributed by atoms with Crippen molar-refractivity contribution >= 4 is 17.3 Å². The standard InChI is InChI=1S/C9H6N2O3S/c12-7-2-1-6(8(13)14)5-11(7)9-10-3-4-15-9/h1-5H,(H,13,14). The van der Waals surface area contributed by atoms with E-state index in [4.69, 9.17) is 5.11 Å². The number of carboxylic acid groups (broad SMARTS) is 1. The maximum Gasteiger partial charge on any atom is 0.337 e. The van der Waals surface area contributed by atoms with E-state index in [0.717, 1.165) is 0 Å². The van der Waals surface area contributed by atoms with Crippen LogP contribution in [0, 0.1) is 0 Å². The molecule has 2 heterocycles. The van der Waals surface area contributed by atoms with Crippen LogP contribution in [0.5, 0.6) is 0 Å². The molecule has 0 aliphatic carbocycles. The minimum Gasteiger partial charge on any atom is -0.478 e. The van der Waals surface area contributed by atoms with Gasteiger partial charge in [0.15, 0.2) is 5.13 Å². The van der Waals surface area contributed by atoms with Gasteiger partial charge in [0.25, 0.3) is 5.56 Å². The minimum absolute atomic E-state index is 0.0600. The zero-order valence-electron chi connectivity index (χ0n) is 7.45. The molecule has 1 N–H and O–H groups in total. The highest BCUT2D eigenvalue weighted by Crippen LogP contribution is 2.09. The van der Waals surface area contributed by atoms with E-state index in [0.29, 0.717) is 5.13 Å². The second-order valence-corrected chi connectivity index (χ2v) is 3.62. The molecular formula is C9H6N2O3S. The predicted molar refractivity (Wildman–Crippen MR) is 54.7 cm³/mol. The van der Waals surface area contributed by atoms with Gasteiger partial charge in [0.05, 0.1) is 5.56 Å². The first-order valence-corrected chi connectivity index (χ1v) is 4.92. The van der Waals surface area contributed by atoms with Gasteiger partial charge in [-0.1, -0.05) is 0 Å². The summed E-state index contributed by atoms with van der Waals surface area (Å²) in [5, 5.41) is 10.9. The molecular weight excluding hydrogens is 216 g/mol. The predicted octanol–water partition coefficient (Wildman–Crippen LogP) is 0.992. The van der Waals surface area contributed by atoms with Crippen LogP contribution in [-0.4, -0.2) is 20.6 Å². The molecule has 0 aliphatic heterocycles. The number of carbonyl (C=O) groups is 1. The highest BCUT2D eigenvalue weighted by Gasteiger charge is 2.07. The third-order valence-electron chi connectivity index (χ3n) is 1.78. The van der Waals surface area contributed by atoms with Gasteiger partial charge in [-0.25, -0.2) is 9.78 Å². The Kier molecular flexibility index (Phi) is 2.34. The second-order valence-electron chi connectivity index (χ2n) is 2.75. The Morgan fingerprint density at radius 2 is 2.27 bits per heavy atom. The normalized spacial score (nSPS) is 10.1. The summed E-state index contributed by atoms with van der Waals surface area (Å²) < 4.78 is 1.22. The lowest BCUT2D eigenvalue weighted by molar-refractivity contribution is 0.0696. The minimum atomic E-state index is -1.07. The summed E-state index contributed by atoms with van der Waals surface area (Å²) >= 11 is 1.27. The molecule has 0 bridgehead atoms. The Morgan fingerprint density at radius 1 is 1.47 bits per heavy atom. The van der Waals surface area contributed by atoms with Crippen LogP contribution in [0.2, 0.25) is 0 Å². The fourth-order valence-corrected chi connectivity index (χ4v) is 1.72. The Labute approximate surface area is 88.3 Å². The third-order valence-corrected chi connectivity index (χ3v) is 2.55. The lowest BCUT2D eigenvalue weighted by atomic mass is 10.3. The van der Waals surface area contributed by atoms with Gasteiger partial charge < -0.3 is 5.11 Å². The SMILES string of the molecule is O=C(O)c1ccc(=O)n(-c2nccs2)c1. The summed E-state index contributed by atoms with van der Waals surface area (Å²) in [7, 11) is 0. The van der Waals surface area contributed by atoms with Crippen molar-refractivity contribution in [1.29, 1.82) is 0 Å². The second kappa shape index (κ2) is 3.66. The van der Waals surface area contributed by atoms with Crippen molar-refractivity contribution in [3.8, 4) is 5.13 Å². The maximum atomic E-state index is 11.4. The molecule has 0 amide bonds. The first kappa shape index (κ1) is 9.60. The fourth-order valence-electron chi connectivity index (χ4n) is 1.10. The summed E-state index contributed by atoms with van der Waals surface area (Å²) in [6.07, 6.45) is 2.82. The number of rotatable bonds is 2. The maximum absolute atomic E-state index is 11.4. The zero-order chi connectivity index (χ0) is 10.8. The quantitative estimate of drug-likeness (QED) is 0.822. The molecule has 0 aliphatic rings. The topological polar surface area (TPSA) is 72.2 Å². The van der Waals surface area contributed by atoms with Crippen LogP contribution >= 0.6 is 11.3 Å². The Hall–Kier alpha value is -1.95. The molecule has 0 saturated carbocycles. The fraction of sp³-hybridized carbons (Fsp3) is 0. The molecule has 0 atom stereocenters. The first-order chi connectivity index (χ1) is 7.18. The molecule has 0 aromatic carbocycles. The molecule has 0 saturated heterocycles. The lowest BCUT2D eigenvalue weighted by Crippen LogP contribution is -2.18. The van der Waals surface area contributed by atoms with Gasteiger partial charge in [0.1, 0.15) is 0 Å². The average Bonchev–Trinajstić information content (AvgIpc) is 2.71. The van der Waals surface area contributed by atoms with Gasteiger partial charge in [-0.2, -0.15) is 0 Å². The highest BCUT2D eigenvalue weighted by atomic mass is 32.1. The summed E-state index contributed by atoms with van der Waals surface area (Å²) in [6.45, 7) is 0. The van der Waals surface area contributed by atoms with E-state index in [1.807, 2.05) is 0 Å². The van der Waals surface area contributed by atoms with Crippen molar-refractivity contribution in [3.63, 3.8) is 0 Å². The number of carboxylic acids is 1. The molecule has 2 rings (SSSR count). The van der Waals surface area contributed by atoms with Gasteiger partial charge in [-0.15, -0.1) is 11.3 Å². The van der Waals surface area contributed by atoms with E-state index in [-0.39, 0.29) is 11.1 Å².